The van der Waals surface area contributed by atoms with Crippen LogP contribution in [0.15, 0.2) is 27.9 Å². The summed E-state index contributed by atoms with van der Waals surface area (Å²) in [6, 6.07) is 0. The first-order valence-corrected chi connectivity index (χ1v) is 17.8. The summed E-state index contributed by atoms with van der Waals surface area (Å²) in [5.41, 5.74) is -1.16. The van der Waals surface area contributed by atoms with E-state index >= 15 is 0 Å². The van der Waals surface area contributed by atoms with Crippen LogP contribution < -0.4 is 11.2 Å². The molecule has 0 saturated carbocycles. The molecule has 1 aliphatic rings. The van der Waals surface area contributed by atoms with Crippen molar-refractivity contribution in [3.63, 3.8) is 0 Å². The summed E-state index contributed by atoms with van der Waals surface area (Å²) in [5, 5.41) is 0. The molecule has 2 heterocycles. The molecule has 0 aliphatic carbocycles. The maximum atomic E-state index is 12.7. The van der Waals surface area contributed by atoms with E-state index in [-0.39, 0.29) is 18.8 Å². The van der Waals surface area contributed by atoms with E-state index in [1.54, 1.807) is 13.8 Å². The van der Waals surface area contributed by atoms with E-state index in [4.69, 9.17) is 13.8 Å². The highest BCUT2D eigenvalue weighted by Crippen LogP contribution is 2.72. The highest BCUT2D eigenvalue weighted by molar-refractivity contribution is 7.69. The zero-order valence-electron chi connectivity index (χ0n) is 21.7. The van der Waals surface area contributed by atoms with Crippen LogP contribution in [-0.2, 0) is 49.5 Å². The normalized spacial score (nSPS) is 22.1. The third kappa shape index (κ3) is 11.7. The van der Waals surface area contributed by atoms with Crippen LogP contribution in [0.1, 0.15) is 51.3 Å². The molecule has 40 heavy (non-hydrogen) atoms. The van der Waals surface area contributed by atoms with Crippen LogP contribution in [0.3, 0.4) is 0 Å². The van der Waals surface area contributed by atoms with Crippen molar-refractivity contribution in [3.05, 3.63) is 44.8 Å². The Balaban J connectivity index is 1.97. The molecule has 0 saturated heterocycles. The van der Waals surface area contributed by atoms with Crippen molar-refractivity contribution in [3.8, 4) is 0 Å². The fraction of sp³-hybridized carbons (Fsp3) is 0.667. The predicted molar refractivity (Wildman–Crippen MR) is 137 cm³/mol. The molecule has 2 rings (SSSR count). The number of H-pyrrole nitrogens is 1. The molecule has 4 N–H and O–H groups in total. The first-order valence-electron chi connectivity index (χ1n) is 11.8. The minimum atomic E-state index is -5.87. The van der Waals surface area contributed by atoms with E-state index in [0.717, 1.165) is 4.57 Å². The number of aryl methyl sites for hydroxylation is 1. The van der Waals surface area contributed by atoms with Crippen LogP contribution in [0.2, 0.25) is 0 Å². The summed E-state index contributed by atoms with van der Waals surface area (Å²) in [6.07, 6.45) is 3.79. The zero-order valence-corrected chi connectivity index (χ0v) is 25.3. The summed E-state index contributed by atoms with van der Waals surface area (Å²) in [5.74, 6) is 0. The second-order valence-electron chi connectivity index (χ2n) is 8.20. The van der Waals surface area contributed by atoms with E-state index in [1.807, 2.05) is 0 Å². The van der Waals surface area contributed by atoms with Crippen LogP contribution in [-0.4, -0.2) is 50.2 Å². The minimum absolute atomic E-state index is 0.206. The fourth-order valence-electron chi connectivity index (χ4n) is 2.85. The number of hydrogen-bond donors (Lipinski definition) is 4. The van der Waals surface area contributed by atoms with Gasteiger partial charge in [-0.05, 0) is 25.8 Å². The molecule has 5 atom stereocenters. The quantitative estimate of drug-likeness (QED) is 0.100. The van der Waals surface area contributed by atoms with Crippen molar-refractivity contribution in [2.45, 2.75) is 58.8 Å². The second kappa shape index (κ2) is 14.9. The lowest BCUT2D eigenvalue weighted by molar-refractivity contribution is -0.0105. The molecule has 230 valence electrons. The highest BCUT2D eigenvalue weighted by Gasteiger charge is 2.47. The monoisotopic (exact) mass is 656 g/mol. The van der Waals surface area contributed by atoms with E-state index in [2.05, 4.69) is 22.4 Å². The van der Waals surface area contributed by atoms with Gasteiger partial charge in [-0.1, -0.05) is 32.8 Å². The molecule has 0 radical (unpaired) electrons. The molecular weight excluding hydrogens is 624 g/mol. The first kappa shape index (κ1) is 35.1. The predicted octanol–water partition coefficient (Wildman–Crippen LogP) is 3.41. The van der Waals surface area contributed by atoms with Gasteiger partial charge in [-0.2, -0.15) is 12.9 Å². The van der Waals surface area contributed by atoms with Crippen molar-refractivity contribution >= 4 is 31.3 Å². The third-order valence-corrected chi connectivity index (χ3v) is 11.1. The SMILES string of the molecule is CCCCOP(=O)(OCCCC)OP(=O)(O)OP(=O)(O)OP(=O)(O)OC[C@@H]1C=C[C@H](n2cc(C)c(=O)[nH]c2=O)O1. The largest absolute Gasteiger partial charge is 0.490 e. The van der Waals surface area contributed by atoms with E-state index < -0.39 is 61.5 Å². The Morgan fingerprint density at radius 2 is 1.43 bits per heavy atom. The Hall–Kier alpha value is -1.06. The van der Waals surface area contributed by atoms with Gasteiger partial charge in [-0.15, -0.1) is 0 Å². The topological polar surface area (TPSA) is 248 Å². The minimum Gasteiger partial charge on any atom is -0.344 e. The van der Waals surface area contributed by atoms with Crippen LogP contribution in [0.4, 0.5) is 0 Å². The maximum absolute atomic E-state index is 12.7. The van der Waals surface area contributed by atoms with E-state index in [0.29, 0.717) is 25.7 Å². The molecule has 0 spiro atoms. The molecule has 22 heteroatoms. The highest BCUT2D eigenvalue weighted by atomic mass is 31.3. The second-order valence-corrected chi connectivity index (χ2v) is 14.6. The molecular formula is C18H32N2O16P4. The lowest BCUT2D eigenvalue weighted by atomic mass is 10.3. The number of hydrogen-bond acceptors (Lipinski definition) is 13. The van der Waals surface area contributed by atoms with Gasteiger partial charge in [-0.25, -0.2) is 23.1 Å². The molecule has 0 aromatic carbocycles. The van der Waals surface area contributed by atoms with E-state index in [9.17, 15) is 42.5 Å². The van der Waals surface area contributed by atoms with Crippen LogP contribution in [0, 0.1) is 6.92 Å². The lowest BCUT2D eigenvalue weighted by Crippen LogP contribution is -2.33. The summed E-state index contributed by atoms with van der Waals surface area (Å²) < 4.78 is 82.7. The standard InChI is InChI=1S/C18H32N2O16P4/c1-4-6-10-30-40(29,31-11-7-5-2)36-39(27,28)35-38(25,26)34-37(23,24)32-13-15-8-9-16(33-15)20-12-14(3)17(21)19-18(20)22/h8-9,12,15-16H,4-7,10-11,13H2,1-3H3,(H,23,24)(H,25,26)(H,27,28)(H,19,21,22)/t15-,16+/m0/s1. The smallest absolute Gasteiger partial charge is 0.344 e. The summed E-state index contributed by atoms with van der Waals surface area (Å²) in [4.78, 5) is 55.1. The number of rotatable bonds is 18. The van der Waals surface area contributed by atoms with Crippen molar-refractivity contribution < 1.29 is 64.2 Å². The fourth-order valence-corrected chi connectivity index (χ4v) is 8.40. The van der Waals surface area contributed by atoms with Gasteiger partial charge in [0.2, 0.25) is 0 Å². The van der Waals surface area contributed by atoms with Gasteiger partial charge >= 0.3 is 37.0 Å². The third-order valence-electron chi connectivity index (χ3n) is 4.74. The van der Waals surface area contributed by atoms with Crippen molar-refractivity contribution in [2.24, 2.45) is 0 Å². The lowest BCUT2D eigenvalue weighted by Gasteiger charge is -2.22. The molecule has 3 unspecified atom stereocenters. The molecule has 18 nitrogen and oxygen atoms in total. The Morgan fingerprint density at radius 1 is 0.875 bits per heavy atom. The summed E-state index contributed by atoms with van der Waals surface area (Å²) >= 11 is 0. The Morgan fingerprint density at radius 3 is 2.00 bits per heavy atom. The number of aromatic nitrogens is 2. The summed E-state index contributed by atoms with van der Waals surface area (Å²) in [7, 11) is -21.8. The molecule has 1 aromatic heterocycles. The molecule has 1 aliphatic heterocycles. The Kier molecular flexibility index (Phi) is 13.1. The van der Waals surface area contributed by atoms with Crippen LogP contribution in [0.5, 0.6) is 0 Å². The van der Waals surface area contributed by atoms with E-state index in [1.165, 1.54) is 25.3 Å². The molecule has 0 fully saturated rings. The number of nitrogens with one attached hydrogen (secondary N) is 1. The molecule has 1 aromatic rings. The summed E-state index contributed by atoms with van der Waals surface area (Å²) in [6.45, 7) is 3.85. The van der Waals surface area contributed by atoms with Crippen LogP contribution in [0.25, 0.3) is 0 Å². The average molecular weight is 656 g/mol. The van der Waals surface area contributed by atoms with Gasteiger partial charge in [0, 0.05) is 11.8 Å². The Labute approximate surface area is 228 Å². The number of ether oxygens (including phenoxy) is 1. The number of aromatic amines is 1. The van der Waals surface area contributed by atoms with Crippen LogP contribution >= 0.6 is 31.3 Å². The zero-order chi connectivity index (χ0) is 30.2. The molecule has 0 bridgehead atoms. The van der Waals surface area contributed by atoms with Gasteiger partial charge in [0.25, 0.3) is 5.56 Å². The van der Waals surface area contributed by atoms with Gasteiger partial charge in [0.15, 0.2) is 6.23 Å². The van der Waals surface area contributed by atoms with Crippen molar-refractivity contribution in [2.75, 3.05) is 19.8 Å². The number of nitrogens with zero attached hydrogens (tertiary/aromatic N) is 1. The maximum Gasteiger partial charge on any atom is 0.490 e. The van der Waals surface area contributed by atoms with Crippen molar-refractivity contribution in [1.29, 1.82) is 0 Å². The first-order chi connectivity index (χ1) is 18.5. The molecule has 0 amide bonds. The van der Waals surface area contributed by atoms with Gasteiger partial charge < -0.3 is 19.4 Å². The number of phosphoric acid groups is 4. The number of phosphoric ester groups is 2. The number of unbranched alkanes of at least 4 members (excludes halogenated alkanes) is 2. The van der Waals surface area contributed by atoms with Gasteiger partial charge in [-0.3, -0.25) is 27.9 Å². The van der Waals surface area contributed by atoms with Crippen molar-refractivity contribution in [1.82, 2.24) is 9.55 Å². The van der Waals surface area contributed by atoms with Gasteiger partial charge in [0.05, 0.1) is 19.8 Å². The average Bonchev–Trinajstić information content (AvgIpc) is 3.27. The van der Waals surface area contributed by atoms with Gasteiger partial charge in [0.1, 0.15) is 6.10 Å². The Bertz CT molecular complexity index is 1330.